The molecular formula is C19H28N2O2. The molecule has 1 atom stereocenters. The van der Waals surface area contributed by atoms with E-state index in [0.29, 0.717) is 19.1 Å². The summed E-state index contributed by atoms with van der Waals surface area (Å²) in [7, 11) is 2.16. The maximum atomic E-state index is 12.2. The number of rotatable bonds is 5. The molecule has 0 unspecified atom stereocenters. The molecule has 1 aromatic carbocycles. The van der Waals surface area contributed by atoms with Gasteiger partial charge in [-0.25, -0.2) is 0 Å². The van der Waals surface area contributed by atoms with Crippen LogP contribution < -0.4 is 10.1 Å². The first kappa shape index (κ1) is 16.3. The van der Waals surface area contributed by atoms with Gasteiger partial charge in [-0.3, -0.25) is 4.79 Å². The third-order valence-corrected chi connectivity index (χ3v) is 5.13. The van der Waals surface area contributed by atoms with Crippen LogP contribution in [-0.2, 0) is 11.2 Å². The van der Waals surface area contributed by atoms with E-state index in [1.54, 1.807) is 0 Å². The minimum Gasteiger partial charge on any atom is -0.491 e. The topological polar surface area (TPSA) is 41.6 Å². The fourth-order valence-electron chi connectivity index (χ4n) is 3.70. The van der Waals surface area contributed by atoms with Crippen molar-refractivity contribution in [2.75, 3.05) is 20.2 Å². The number of amides is 1. The van der Waals surface area contributed by atoms with Crippen LogP contribution in [-0.4, -0.2) is 43.1 Å². The molecule has 4 nitrogen and oxygen atoms in total. The van der Waals surface area contributed by atoms with E-state index in [2.05, 4.69) is 23.3 Å². The van der Waals surface area contributed by atoms with Crippen molar-refractivity contribution in [2.45, 2.75) is 57.0 Å². The van der Waals surface area contributed by atoms with Crippen LogP contribution in [0.4, 0.5) is 0 Å². The molecule has 126 valence electrons. The first-order valence-electron chi connectivity index (χ1n) is 8.92. The molecule has 0 radical (unpaired) electrons. The number of carbonyl (C=O) groups excluding carboxylic acids is 1. The van der Waals surface area contributed by atoms with Crippen LogP contribution in [0.25, 0.3) is 0 Å². The average Bonchev–Trinajstić information content (AvgIpc) is 2.60. The Kier molecular flexibility index (Phi) is 5.55. The van der Waals surface area contributed by atoms with Gasteiger partial charge in [0.15, 0.2) is 0 Å². The van der Waals surface area contributed by atoms with Crippen molar-refractivity contribution in [3.8, 4) is 5.75 Å². The summed E-state index contributed by atoms with van der Waals surface area (Å²) in [5.74, 6) is 1.09. The lowest BCUT2D eigenvalue weighted by Gasteiger charge is -2.31. The van der Waals surface area contributed by atoms with Crippen molar-refractivity contribution >= 4 is 5.91 Å². The zero-order valence-corrected chi connectivity index (χ0v) is 14.1. The Morgan fingerprint density at radius 2 is 2.04 bits per heavy atom. The van der Waals surface area contributed by atoms with Crippen molar-refractivity contribution < 1.29 is 9.53 Å². The summed E-state index contributed by atoms with van der Waals surface area (Å²) in [5, 5.41) is 3.13. The van der Waals surface area contributed by atoms with Crippen molar-refractivity contribution in [2.24, 2.45) is 0 Å². The predicted octanol–water partition coefficient (Wildman–Crippen LogP) is 2.76. The first-order valence-corrected chi connectivity index (χ1v) is 8.92. The molecule has 1 heterocycles. The zero-order chi connectivity index (χ0) is 16.1. The number of nitrogens with one attached hydrogen (secondary N) is 1. The third kappa shape index (κ3) is 4.47. The van der Waals surface area contributed by atoms with Gasteiger partial charge < -0.3 is 15.0 Å². The van der Waals surface area contributed by atoms with E-state index in [1.807, 2.05) is 18.2 Å². The van der Waals surface area contributed by atoms with Crippen LogP contribution in [0.5, 0.6) is 5.75 Å². The normalized spacial score (nSPS) is 21.6. The lowest BCUT2D eigenvalue weighted by atomic mass is 9.94. The molecule has 0 bridgehead atoms. The molecule has 1 saturated carbocycles. The number of hydrogen-bond donors (Lipinski definition) is 1. The standard InChI is InChI=1S/C19H28N2O2/c1-21(17-8-3-2-4-9-17)12-11-19(22)20-16-13-15-7-5-6-10-18(15)23-14-16/h5-7,10,16-17H,2-4,8-9,11-14H2,1H3,(H,20,22)/t16-/m0/s1. The van der Waals surface area contributed by atoms with Gasteiger partial charge in [-0.05, 0) is 37.9 Å². The van der Waals surface area contributed by atoms with Gasteiger partial charge in [-0.1, -0.05) is 37.5 Å². The molecule has 1 N–H and O–H groups in total. The third-order valence-electron chi connectivity index (χ3n) is 5.13. The highest BCUT2D eigenvalue weighted by atomic mass is 16.5. The average molecular weight is 316 g/mol. The fraction of sp³-hybridized carbons (Fsp3) is 0.632. The number of ether oxygens (including phenoxy) is 1. The van der Waals surface area contributed by atoms with E-state index >= 15 is 0 Å². The smallest absolute Gasteiger partial charge is 0.221 e. The minimum atomic E-state index is 0.0948. The van der Waals surface area contributed by atoms with E-state index in [4.69, 9.17) is 4.74 Å². The minimum absolute atomic E-state index is 0.0948. The molecular weight excluding hydrogens is 288 g/mol. The number of fused-ring (bicyclic) bond motifs is 1. The van der Waals surface area contributed by atoms with Gasteiger partial charge in [-0.2, -0.15) is 0 Å². The van der Waals surface area contributed by atoms with E-state index in [0.717, 1.165) is 18.7 Å². The molecule has 0 aromatic heterocycles. The number of nitrogens with zero attached hydrogens (tertiary/aromatic N) is 1. The van der Waals surface area contributed by atoms with Crippen LogP contribution in [0.1, 0.15) is 44.1 Å². The van der Waals surface area contributed by atoms with Crippen molar-refractivity contribution in [3.63, 3.8) is 0 Å². The summed E-state index contributed by atoms with van der Waals surface area (Å²) in [5.41, 5.74) is 1.18. The van der Waals surface area contributed by atoms with Crippen LogP contribution in [0.3, 0.4) is 0 Å². The first-order chi connectivity index (χ1) is 11.2. The van der Waals surface area contributed by atoms with Gasteiger partial charge in [0, 0.05) is 19.0 Å². The molecule has 2 aliphatic rings. The highest BCUT2D eigenvalue weighted by molar-refractivity contribution is 5.76. The van der Waals surface area contributed by atoms with Crippen molar-refractivity contribution in [1.29, 1.82) is 0 Å². The number of hydrogen-bond acceptors (Lipinski definition) is 3. The molecule has 1 amide bonds. The van der Waals surface area contributed by atoms with Crippen LogP contribution in [0, 0.1) is 0 Å². The molecule has 23 heavy (non-hydrogen) atoms. The van der Waals surface area contributed by atoms with Crippen molar-refractivity contribution in [3.05, 3.63) is 29.8 Å². The van der Waals surface area contributed by atoms with Gasteiger partial charge in [0.25, 0.3) is 0 Å². The summed E-state index contributed by atoms with van der Waals surface area (Å²) >= 11 is 0. The van der Waals surface area contributed by atoms with Crippen LogP contribution in [0.2, 0.25) is 0 Å². The molecule has 1 aliphatic carbocycles. The highest BCUT2D eigenvalue weighted by Gasteiger charge is 2.22. The zero-order valence-electron chi connectivity index (χ0n) is 14.1. The summed E-state index contributed by atoms with van der Waals surface area (Å²) < 4.78 is 5.73. The maximum Gasteiger partial charge on any atom is 0.221 e. The molecule has 1 aliphatic heterocycles. The second-order valence-corrected chi connectivity index (χ2v) is 6.91. The highest BCUT2D eigenvalue weighted by Crippen LogP contribution is 2.24. The molecule has 1 aromatic rings. The summed E-state index contributed by atoms with van der Waals surface area (Å²) in [4.78, 5) is 14.6. The number of carbonyl (C=O) groups is 1. The van der Waals surface area contributed by atoms with Gasteiger partial charge in [0.1, 0.15) is 12.4 Å². The lowest BCUT2D eigenvalue weighted by molar-refractivity contribution is -0.122. The van der Waals surface area contributed by atoms with Crippen LogP contribution in [0.15, 0.2) is 24.3 Å². The van der Waals surface area contributed by atoms with E-state index in [1.165, 1.54) is 37.7 Å². The number of benzene rings is 1. The van der Waals surface area contributed by atoms with Gasteiger partial charge in [0.2, 0.25) is 5.91 Å². The Morgan fingerprint density at radius 1 is 1.26 bits per heavy atom. The SMILES string of the molecule is CN(CCC(=O)N[C@@H]1COc2ccccc2C1)C1CCCCC1. The lowest BCUT2D eigenvalue weighted by Crippen LogP contribution is -2.44. The number of para-hydroxylation sites is 1. The Bertz CT molecular complexity index is 526. The largest absolute Gasteiger partial charge is 0.491 e. The Hall–Kier alpha value is -1.55. The van der Waals surface area contributed by atoms with Gasteiger partial charge in [0.05, 0.1) is 6.04 Å². The second kappa shape index (κ2) is 7.82. The summed E-state index contributed by atoms with van der Waals surface area (Å²) in [6, 6.07) is 8.83. The Morgan fingerprint density at radius 3 is 2.87 bits per heavy atom. The molecule has 0 spiro atoms. The monoisotopic (exact) mass is 316 g/mol. The maximum absolute atomic E-state index is 12.2. The van der Waals surface area contributed by atoms with Crippen LogP contribution >= 0.6 is 0 Å². The van der Waals surface area contributed by atoms with Gasteiger partial charge >= 0.3 is 0 Å². The molecule has 3 rings (SSSR count). The molecule has 0 saturated heterocycles. The van der Waals surface area contributed by atoms with E-state index < -0.39 is 0 Å². The summed E-state index contributed by atoms with van der Waals surface area (Å²) in [6.45, 7) is 1.42. The Balaban J connectivity index is 1.41. The Labute approximate surface area is 139 Å². The second-order valence-electron chi connectivity index (χ2n) is 6.91. The van der Waals surface area contributed by atoms with Gasteiger partial charge in [-0.15, -0.1) is 0 Å². The predicted molar refractivity (Wildman–Crippen MR) is 91.7 cm³/mol. The molecule has 1 fully saturated rings. The van der Waals surface area contributed by atoms with Crippen molar-refractivity contribution in [1.82, 2.24) is 10.2 Å². The molecule has 4 heteroatoms. The fourth-order valence-corrected chi connectivity index (χ4v) is 3.70. The quantitative estimate of drug-likeness (QED) is 0.908. The van der Waals surface area contributed by atoms with E-state index in [-0.39, 0.29) is 11.9 Å². The summed E-state index contributed by atoms with van der Waals surface area (Å²) in [6.07, 6.45) is 8.04. The van der Waals surface area contributed by atoms with E-state index in [9.17, 15) is 4.79 Å².